The largest absolute Gasteiger partial charge is 0.365 e. The van der Waals surface area contributed by atoms with Crippen LogP contribution < -0.4 is 5.73 Å². The predicted molar refractivity (Wildman–Crippen MR) is 115 cm³/mol. The van der Waals surface area contributed by atoms with E-state index in [0.717, 1.165) is 50.0 Å². The second-order valence-electron chi connectivity index (χ2n) is 8.65. The minimum Gasteiger partial charge on any atom is -0.365 e. The highest BCUT2D eigenvalue weighted by Crippen LogP contribution is 2.39. The number of likely N-dealkylation sites (tertiary alicyclic amines) is 1. The van der Waals surface area contributed by atoms with E-state index in [9.17, 15) is 9.59 Å². The SMILES string of the molecule is NC(=O)c1cncnc1CC1CCN(C(=O)[C@@H](c2ccccc2)C2CCCC2)CC1. The molecule has 30 heavy (non-hydrogen) atoms. The molecule has 2 aliphatic rings. The number of primary amides is 1. The van der Waals surface area contributed by atoms with Crippen molar-refractivity contribution in [2.24, 2.45) is 17.6 Å². The zero-order valence-electron chi connectivity index (χ0n) is 17.4. The fourth-order valence-electron chi connectivity index (χ4n) is 5.12. The van der Waals surface area contributed by atoms with Gasteiger partial charge < -0.3 is 10.6 Å². The van der Waals surface area contributed by atoms with Crippen LogP contribution in [0.25, 0.3) is 0 Å². The first-order valence-electron chi connectivity index (χ1n) is 11.1. The Kier molecular flexibility index (Phi) is 6.41. The van der Waals surface area contributed by atoms with E-state index in [2.05, 4.69) is 27.0 Å². The summed E-state index contributed by atoms with van der Waals surface area (Å²) in [5, 5.41) is 0. The molecular weight excluding hydrogens is 376 g/mol. The summed E-state index contributed by atoms with van der Waals surface area (Å²) in [6, 6.07) is 10.3. The number of nitrogens with two attached hydrogens (primary N) is 1. The molecule has 2 N–H and O–H groups in total. The highest BCUT2D eigenvalue weighted by Gasteiger charge is 2.36. The van der Waals surface area contributed by atoms with Crippen molar-refractivity contribution in [3.05, 3.63) is 59.7 Å². The van der Waals surface area contributed by atoms with E-state index in [-0.39, 0.29) is 11.8 Å². The van der Waals surface area contributed by atoms with Crippen LogP contribution in [0.15, 0.2) is 42.9 Å². The molecule has 0 spiro atoms. The molecule has 0 bridgehead atoms. The van der Waals surface area contributed by atoms with Gasteiger partial charge in [-0.3, -0.25) is 9.59 Å². The third-order valence-electron chi connectivity index (χ3n) is 6.76. The minimum absolute atomic E-state index is 0.0198. The molecule has 1 aromatic carbocycles. The van der Waals surface area contributed by atoms with Crippen molar-refractivity contribution in [1.29, 1.82) is 0 Å². The van der Waals surface area contributed by atoms with Crippen molar-refractivity contribution in [2.75, 3.05) is 13.1 Å². The quantitative estimate of drug-likeness (QED) is 0.797. The fraction of sp³-hybridized carbons (Fsp3) is 0.500. The third kappa shape index (κ3) is 4.53. The maximum Gasteiger partial charge on any atom is 0.252 e. The lowest BCUT2D eigenvalue weighted by molar-refractivity contribution is -0.135. The second-order valence-corrected chi connectivity index (χ2v) is 8.65. The standard InChI is InChI=1S/C24H30N4O2/c25-23(29)20-15-26-16-27-21(20)14-17-10-12-28(13-11-17)24(30)22(19-8-4-5-9-19)18-6-2-1-3-7-18/h1-3,6-7,15-17,19,22H,4-5,8-14H2,(H2,25,29)/t22-/m0/s1. The molecule has 1 aliphatic heterocycles. The number of aromatic nitrogens is 2. The van der Waals surface area contributed by atoms with E-state index in [0.29, 0.717) is 23.8 Å². The average molecular weight is 407 g/mol. The number of amides is 2. The maximum absolute atomic E-state index is 13.5. The van der Waals surface area contributed by atoms with Crippen molar-refractivity contribution in [2.45, 2.75) is 50.9 Å². The number of piperidine rings is 1. The van der Waals surface area contributed by atoms with Gasteiger partial charge in [0, 0.05) is 19.3 Å². The molecule has 2 fully saturated rings. The molecule has 6 nitrogen and oxygen atoms in total. The van der Waals surface area contributed by atoms with Crippen LogP contribution in [0.3, 0.4) is 0 Å². The Morgan fingerprint density at radius 2 is 1.77 bits per heavy atom. The summed E-state index contributed by atoms with van der Waals surface area (Å²) >= 11 is 0. The molecule has 6 heteroatoms. The number of nitrogens with zero attached hydrogens (tertiary/aromatic N) is 3. The van der Waals surface area contributed by atoms with Crippen LogP contribution in [0.2, 0.25) is 0 Å². The molecule has 0 unspecified atom stereocenters. The Morgan fingerprint density at radius 1 is 1.07 bits per heavy atom. The summed E-state index contributed by atoms with van der Waals surface area (Å²) in [4.78, 5) is 35.4. The minimum atomic E-state index is -0.486. The van der Waals surface area contributed by atoms with Crippen molar-refractivity contribution >= 4 is 11.8 Å². The normalized spacial score (nSPS) is 19.0. The number of carbonyl (C=O) groups excluding carboxylic acids is 2. The van der Waals surface area contributed by atoms with Crippen LogP contribution in [-0.4, -0.2) is 39.8 Å². The molecule has 1 saturated carbocycles. The van der Waals surface area contributed by atoms with Crippen LogP contribution >= 0.6 is 0 Å². The zero-order chi connectivity index (χ0) is 20.9. The Hall–Kier alpha value is -2.76. The van der Waals surface area contributed by atoms with E-state index in [4.69, 9.17) is 5.73 Å². The molecule has 1 atom stereocenters. The molecule has 2 heterocycles. The van der Waals surface area contributed by atoms with Gasteiger partial charge in [-0.05, 0) is 49.5 Å². The van der Waals surface area contributed by atoms with Crippen LogP contribution in [0.4, 0.5) is 0 Å². The summed E-state index contributed by atoms with van der Waals surface area (Å²) in [6.07, 6.45) is 10.2. The maximum atomic E-state index is 13.5. The van der Waals surface area contributed by atoms with Gasteiger partial charge >= 0.3 is 0 Å². The zero-order valence-corrected chi connectivity index (χ0v) is 17.4. The van der Waals surface area contributed by atoms with E-state index < -0.39 is 5.91 Å². The first-order valence-corrected chi connectivity index (χ1v) is 11.1. The monoisotopic (exact) mass is 406 g/mol. The summed E-state index contributed by atoms with van der Waals surface area (Å²) in [7, 11) is 0. The summed E-state index contributed by atoms with van der Waals surface area (Å²) in [5.74, 6) is 0.626. The lowest BCUT2D eigenvalue weighted by Crippen LogP contribution is -2.43. The summed E-state index contributed by atoms with van der Waals surface area (Å²) in [5.41, 5.74) is 7.74. The number of benzene rings is 1. The van der Waals surface area contributed by atoms with Gasteiger partial charge in [0.25, 0.3) is 5.91 Å². The highest BCUT2D eigenvalue weighted by molar-refractivity contribution is 5.93. The van der Waals surface area contributed by atoms with Gasteiger partial charge in [-0.2, -0.15) is 0 Å². The molecule has 0 radical (unpaired) electrons. The Morgan fingerprint density at radius 3 is 2.43 bits per heavy atom. The van der Waals surface area contributed by atoms with Gasteiger partial charge in [0.05, 0.1) is 17.2 Å². The molecule has 1 aliphatic carbocycles. The van der Waals surface area contributed by atoms with Crippen LogP contribution in [0.5, 0.6) is 0 Å². The first kappa shape index (κ1) is 20.5. The highest BCUT2D eigenvalue weighted by atomic mass is 16.2. The molecule has 158 valence electrons. The Balaban J connectivity index is 1.41. The number of rotatable bonds is 6. The van der Waals surface area contributed by atoms with Gasteiger partial charge in [-0.25, -0.2) is 9.97 Å². The van der Waals surface area contributed by atoms with Gasteiger partial charge in [0.2, 0.25) is 5.91 Å². The first-order chi connectivity index (χ1) is 14.6. The van der Waals surface area contributed by atoms with Crippen molar-refractivity contribution < 1.29 is 9.59 Å². The van der Waals surface area contributed by atoms with Gasteiger partial charge in [0.15, 0.2) is 0 Å². The van der Waals surface area contributed by atoms with E-state index in [1.807, 2.05) is 18.2 Å². The summed E-state index contributed by atoms with van der Waals surface area (Å²) in [6.45, 7) is 1.52. The molecule has 2 amide bonds. The average Bonchev–Trinajstić information content (AvgIpc) is 3.30. The van der Waals surface area contributed by atoms with E-state index in [1.54, 1.807) is 0 Å². The van der Waals surface area contributed by atoms with Crippen LogP contribution in [0.1, 0.15) is 66.1 Å². The lowest BCUT2D eigenvalue weighted by Gasteiger charge is -2.36. The van der Waals surface area contributed by atoms with Crippen LogP contribution in [-0.2, 0) is 11.2 Å². The third-order valence-corrected chi connectivity index (χ3v) is 6.76. The van der Waals surface area contributed by atoms with Crippen molar-refractivity contribution in [3.63, 3.8) is 0 Å². The molecule has 4 rings (SSSR count). The molecule has 2 aromatic rings. The summed E-state index contributed by atoms with van der Waals surface area (Å²) < 4.78 is 0. The lowest BCUT2D eigenvalue weighted by atomic mass is 9.82. The number of hydrogen-bond acceptors (Lipinski definition) is 4. The fourth-order valence-corrected chi connectivity index (χ4v) is 5.12. The molecular formula is C24H30N4O2. The molecule has 1 aromatic heterocycles. The van der Waals surface area contributed by atoms with Gasteiger partial charge in [0.1, 0.15) is 6.33 Å². The van der Waals surface area contributed by atoms with Gasteiger partial charge in [-0.1, -0.05) is 43.2 Å². The van der Waals surface area contributed by atoms with E-state index >= 15 is 0 Å². The van der Waals surface area contributed by atoms with Crippen LogP contribution in [0, 0.1) is 11.8 Å². The van der Waals surface area contributed by atoms with Crippen molar-refractivity contribution in [3.8, 4) is 0 Å². The topological polar surface area (TPSA) is 89.2 Å². The Labute approximate surface area is 177 Å². The van der Waals surface area contributed by atoms with E-state index in [1.165, 1.54) is 25.4 Å². The van der Waals surface area contributed by atoms with Crippen molar-refractivity contribution in [1.82, 2.24) is 14.9 Å². The second kappa shape index (κ2) is 9.37. The molecule has 1 saturated heterocycles. The number of hydrogen-bond donors (Lipinski definition) is 1. The predicted octanol–water partition coefficient (Wildman–Crippen LogP) is 3.33. The Bertz CT molecular complexity index is 872. The van der Waals surface area contributed by atoms with Gasteiger partial charge in [-0.15, -0.1) is 0 Å². The number of carbonyl (C=O) groups is 2. The smallest absolute Gasteiger partial charge is 0.252 e.